The summed E-state index contributed by atoms with van der Waals surface area (Å²) in [4.78, 5) is 21.2. The van der Waals surface area contributed by atoms with Gasteiger partial charge < -0.3 is 4.98 Å². The van der Waals surface area contributed by atoms with Gasteiger partial charge in [0.1, 0.15) is 11.6 Å². The van der Waals surface area contributed by atoms with E-state index < -0.39 is 11.7 Å². The molecule has 4 rings (SSSR count). The fourth-order valence-electron chi connectivity index (χ4n) is 2.58. The average Bonchev–Trinajstić information content (AvgIpc) is 3.30. The summed E-state index contributed by atoms with van der Waals surface area (Å²) in [5, 5.41) is 17.6. The number of imidazole rings is 1. The number of carbonyl (C=O) groups excluding carboxylic acids is 1. The number of hydrogen-bond acceptors (Lipinski definition) is 5. The number of H-pyrrole nitrogens is 1. The molecular formula is C18H11FN6O. The third-order valence-electron chi connectivity index (χ3n) is 3.87. The third kappa shape index (κ3) is 2.71. The van der Waals surface area contributed by atoms with E-state index >= 15 is 0 Å². The summed E-state index contributed by atoms with van der Waals surface area (Å²) < 4.78 is 13.0. The number of carbonyl (C=O) groups is 1. The molecule has 0 aliphatic heterocycles. The summed E-state index contributed by atoms with van der Waals surface area (Å²) >= 11 is 0. The minimum absolute atomic E-state index is 0.0290. The number of rotatable bonds is 4. The number of fused-ring (bicyclic) bond motifs is 1. The maximum atomic E-state index is 13.0. The van der Waals surface area contributed by atoms with Gasteiger partial charge in [-0.3, -0.25) is 4.79 Å². The van der Waals surface area contributed by atoms with Crippen LogP contribution in [0.25, 0.3) is 16.7 Å². The van der Waals surface area contributed by atoms with Crippen LogP contribution in [0.4, 0.5) is 4.39 Å². The zero-order valence-electron chi connectivity index (χ0n) is 13.3. The standard InChI is InChI=1S/C18H11FN6O/c19-11-5-7-12(8-6-11)25-21-10-16(24-25)17(26)13(9-20)18-22-14-3-1-2-4-15(14)23-18/h1-8,10,13H,(H,22,23)/t13-/m0/s1. The molecule has 1 atom stereocenters. The molecule has 8 heteroatoms. The lowest BCUT2D eigenvalue weighted by atomic mass is 10.0. The van der Waals surface area contributed by atoms with Crippen molar-refractivity contribution < 1.29 is 9.18 Å². The van der Waals surface area contributed by atoms with Crippen LogP contribution >= 0.6 is 0 Å². The predicted molar refractivity (Wildman–Crippen MR) is 90.1 cm³/mol. The number of halogens is 1. The van der Waals surface area contributed by atoms with E-state index in [0.29, 0.717) is 11.2 Å². The Balaban J connectivity index is 1.65. The summed E-state index contributed by atoms with van der Waals surface area (Å²) in [7, 11) is 0. The molecule has 0 saturated carbocycles. The Kier molecular flexibility index (Phi) is 3.74. The van der Waals surface area contributed by atoms with Crippen LogP contribution in [0, 0.1) is 17.1 Å². The van der Waals surface area contributed by atoms with Gasteiger partial charge in [-0.2, -0.15) is 15.2 Å². The SMILES string of the molecule is N#C[C@@H](C(=O)c1cnn(-c2ccc(F)cc2)n1)c1nc2ccccc2[nH]1. The van der Waals surface area contributed by atoms with Crippen LogP contribution in [0.5, 0.6) is 0 Å². The van der Waals surface area contributed by atoms with E-state index in [2.05, 4.69) is 20.2 Å². The van der Waals surface area contributed by atoms with Gasteiger partial charge >= 0.3 is 0 Å². The van der Waals surface area contributed by atoms with Crippen LogP contribution in [-0.4, -0.2) is 30.7 Å². The monoisotopic (exact) mass is 346 g/mol. The van der Waals surface area contributed by atoms with Gasteiger partial charge in [0, 0.05) is 0 Å². The Bertz CT molecular complexity index is 1110. The first kappa shape index (κ1) is 15.7. The van der Waals surface area contributed by atoms with Crippen LogP contribution in [0.3, 0.4) is 0 Å². The molecule has 0 spiro atoms. The average molecular weight is 346 g/mol. The number of ketones is 1. The lowest BCUT2D eigenvalue weighted by molar-refractivity contribution is 0.0971. The molecule has 26 heavy (non-hydrogen) atoms. The normalized spacial score (nSPS) is 12.0. The van der Waals surface area contributed by atoms with Crippen molar-refractivity contribution >= 4 is 16.8 Å². The second-order valence-electron chi connectivity index (χ2n) is 5.56. The van der Waals surface area contributed by atoms with Crippen LogP contribution in [0.2, 0.25) is 0 Å². The molecule has 0 amide bonds. The molecule has 2 aromatic heterocycles. The number of nitrogens with one attached hydrogen (secondary N) is 1. The minimum Gasteiger partial charge on any atom is -0.340 e. The van der Waals surface area contributed by atoms with Crippen LogP contribution in [-0.2, 0) is 0 Å². The molecule has 4 aromatic rings. The van der Waals surface area contributed by atoms with E-state index in [1.165, 1.54) is 35.3 Å². The number of benzene rings is 2. The lowest BCUT2D eigenvalue weighted by Crippen LogP contribution is -2.14. The first-order chi connectivity index (χ1) is 12.7. The Morgan fingerprint density at radius 2 is 1.96 bits per heavy atom. The molecule has 0 saturated heterocycles. The molecule has 7 nitrogen and oxygen atoms in total. The topological polar surface area (TPSA) is 100 Å². The highest BCUT2D eigenvalue weighted by Gasteiger charge is 2.27. The highest BCUT2D eigenvalue weighted by Crippen LogP contribution is 2.20. The maximum absolute atomic E-state index is 13.0. The van der Waals surface area contributed by atoms with Crippen molar-refractivity contribution in [1.82, 2.24) is 25.0 Å². The first-order valence-corrected chi connectivity index (χ1v) is 7.72. The number of hydrogen-bond donors (Lipinski definition) is 1. The van der Waals surface area contributed by atoms with Crippen molar-refractivity contribution in [2.75, 3.05) is 0 Å². The van der Waals surface area contributed by atoms with Gasteiger partial charge in [0.25, 0.3) is 0 Å². The van der Waals surface area contributed by atoms with Crippen molar-refractivity contribution in [3.8, 4) is 11.8 Å². The van der Waals surface area contributed by atoms with E-state index in [1.807, 2.05) is 24.3 Å². The van der Waals surface area contributed by atoms with E-state index in [0.717, 1.165) is 5.52 Å². The fourth-order valence-corrected chi connectivity index (χ4v) is 2.58. The molecule has 0 aliphatic rings. The van der Waals surface area contributed by atoms with E-state index in [-0.39, 0.29) is 17.3 Å². The summed E-state index contributed by atoms with van der Waals surface area (Å²) in [6, 6.07) is 14.8. The Labute approximate surface area is 146 Å². The molecular weight excluding hydrogens is 335 g/mol. The van der Waals surface area contributed by atoms with Crippen LogP contribution in [0.15, 0.2) is 54.7 Å². The van der Waals surface area contributed by atoms with Crippen molar-refractivity contribution in [2.45, 2.75) is 5.92 Å². The van der Waals surface area contributed by atoms with Gasteiger partial charge in [-0.1, -0.05) is 12.1 Å². The maximum Gasteiger partial charge on any atom is 0.209 e. The summed E-state index contributed by atoms with van der Waals surface area (Å²) in [6.45, 7) is 0. The highest BCUT2D eigenvalue weighted by molar-refractivity contribution is 6.00. The number of nitriles is 1. The number of aromatic amines is 1. The smallest absolute Gasteiger partial charge is 0.209 e. The minimum atomic E-state index is -1.12. The van der Waals surface area contributed by atoms with Gasteiger partial charge in [-0.15, -0.1) is 5.10 Å². The molecule has 2 aromatic carbocycles. The number of para-hydroxylation sites is 2. The molecule has 0 unspecified atom stereocenters. The fraction of sp³-hybridized carbons (Fsp3) is 0.0556. The number of Topliss-reactive ketones (excluding diaryl/α,β-unsaturated/α-hetero) is 1. The lowest BCUT2D eigenvalue weighted by Gasteiger charge is -2.02. The summed E-state index contributed by atoms with van der Waals surface area (Å²) in [5.41, 5.74) is 1.94. The van der Waals surface area contributed by atoms with Crippen molar-refractivity contribution in [3.63, 3.8) is 0 Å². The zero-order valence-corrected chi connectivity index (χ0v) is 13.3. The van der Waals surface area contributed by atoms with Gasteiger partial charge in [-0.25, -0.2) is 9.37 Å². The molecule has 126 valence electrons. The van der Waals surface area contributed by atoms with Gasteiger partial charge in [0.15, 0.2) is 11.6 Å². The Hall–Kier alpha value is -3.86. The van der Waals surface area contributed by atoms with E-state index in [4.69, 9.17) is 0 Å². The molecule has 0 fully saturated rings. The second-order valence-corrected chi connectivity index (χ2v) is 5.56. The van der Waals surface area contributed by atoms with Crippen LogP contribution in [0.1, 0.15) is 22.2 Å². The molecule has 2 heterocycles. The zero-order chi connectivity index (χ0) is 18.1. The first-order valence-electron chi connectivity index (χ1n) is 7.72. The largest absolute Gasteiger partial charge is 0.340 e. The molecule has 0 radical (unpaired) electrons. The summed E-state index contributed by atoms with van der Waals surface area (Å²) in [5.74, 6) is -1.76. The molecule has 0 bridgehead atoms. The second kappa shape index (κ2) is 6.22. The number of nitrogens with zero attached hydrogens (tertiary/aromatic N) is 5. The third-order valence-corrected chi connectivity index (χ3v) is 3.87. The van der Waals surface area contributed by atoms with Crippen molar-refractivity contribution in [1.29, 1.82) is 5.26 Å². The van der Waals surface area contributed by atoms with Gasteiger partial charge in [0.05, 0.1) is 29.0 Å². The number of aromatic nitrogens is 5. The van der Waals surface area contributed by atoms with Gasteiger partial charge in [0.2, 0.25) is 5.78 Å². The van der Waals surface area contributed by atoms with Crippen molar-refractivity contribution in [3.05, 3.63) is 72.1 Å². The Morgan fingerprint density at radius 3 is 2.69 bits per heavy atom. The van der Waals surface area contributed by atoms with Crippen molar-refractivity contribution in [2.24, 2.45) is 0 Å². The summed E-state index contributed by atoms with van der Waals surface area (Å²) in [6.07, 6.45) is 1.28. The van der Waals surface area contributed by atoms with E-state index in [1.54, 1.807) is 6.07 Å². The molecule has 1 N–H and O–H groups in total. The van der Waals surface area contributed by atoms with Gasteiger partial charge in [-0.05, 0) is 36.4 Å². The predicted octanol–water partition coefficient (Wildman–Crippen LogP) is 2.77. The Morgan fingerprint density at radius 1 is 1.19 bits per heavy atom. The highest BCUT2D eigenvalue weighted by atomic mass is 19.1. The quantitative estimate of drug-likeness (QED) is 0.573. The van der Waals surface area contributed by atoms with Crippen LogP contribution < -0.4 is 0 Å². The van der Waals surface area contributed by atoms with E-state index in [9.17, 15) is 14.4 Å². The molecule has 0 aliphatic carbocycles.